The molecule has 6 aliphatic rings. The molecule has 48 heavy (non-hydrogen) atoms. The van der Waals surface area contributed by atoms with Gasteiger partial charge in [-0.15, -0.1) is 22.7 Å². The van der Waals surface area contributed by atoms with Gasteiger partial charge in [-0.3, -0.25) is 0 Å². The lowest BCUT2D eigenvalue weighted by Crippen LogP contribution is -2.29. The average Bonchev–Trinajstić information content (AvgIpc) is 3.90. The zero-order valence-corrected chi connectivity index (χ0v) is 31.3. The molecular formula is C42H32S6. The first-order chi connectivity index (χ1) is 23.4. The molecule has 4 aromatic rings. The van der Waals surface area contributed by atoms with Gasteiger partial charge in [0.1, 0.15) is 0 Å². The highest BCUT2D eigenvalue weighted by Crippen LogP contribution is 2.63. The number of allylic oxidation sites excluding steroid dienone is 6. The molecule has 0 aliphatic heterocycles. The van der Waals surface area contributed by atoms with Crippen LogP contribution in [0.3, 0.4) is 0 Å². The highest BCUT2D eigenvalue weighted by molar-refractivity contribution is 7.84. The molecule has 0 saturated heterocycles. The summed E-state index contributed by atoms with van der Waals surface area (Å²) in [4.78, 5) is 6.57. The van der Waals surface area contributed by atoms with E-state index in [4.69, 9.17) is 48.9 Å². The van der Waals surface area contributed by atoms with Gasteiger partial charge in [-0.2, -0.15) is 0 Å². The van der Waals surface area contributed by atoms with Crippen LogP contribution in [-0.4, -0.2) is 19.5 Å². The third-order valence-electron chi connectivity index (χ3n) is 12.0. The Balaban J connectivity index is 1.11. The van der Waals surface area contributed by atoms with Crippen molar-refractivity contribution in [2.45, 2.75) is 75.0 Å². The van der Waals surface area contributed by atoms with Gasteiger partial charge in [-0.1, -0.05) is 136 Å². The van der Waals surface area contributed by atoms with Crippen molar-refractivity contribution in [3.63, 3.8) is 0 Å². The zero-order chi connectivity index (χ0) is 32.4. The third kappa shape index (κ3) is 4.02. The smallest absolute Gasteiger partial charge is 0.0543 e. The first-order valence-electron chi connectivity index (χ1n) is 17.3. The van der Waals surface area contributed by atoms with Crippen LogP contribution in [0.5, 0.6) is 0 Å². The second-order valence-corrected chi connectivity index (χ2v) is 18.1. The number of hydrogen-bond donors (Lipinski definition) is 0. The number of hydrogen-bond acceptors (Lipinski definition) is 6. The van der Waals surface area contributed by atoms with Crippen molar-refractivity contribution in [1.82, 2.24) is 0 Å². The Kier molecular flexibility index (Phi) is 6.91. The van der Waals surface area contributed by atoms with E-state index in [9.17, 15) is 0 Å². The Hall–Kier alpha value is -2.58. The fourth-order valence-electron chi connectivity index (χ4n) is 9.79. The minimum atomic E-state index is 0.0413. The Morgan fingerprint density at radius 3 is 1.15 bits per heavy atom. The maximum absolute atomic E-state index is 6.04. The lowest BCUT2D eigenvalue weighted by Gasteiger charge is -2.37. The Labute approximate surface area is 311 Å². The molecule has 0 nitrogen and oxygen atoms in total. The van der Waals surface area contributed by atoms with Crippen molar-refractivity contribution in [1.29, 1.82) is 0 Å². The topological polar surface area (TPSA) is 0 Å². The predicted octanol–water partition coefficient (Wildman–Crippen LogP) is 12.3. The molecule has 0 bridgehead atoms. The number of fused-ring (bicyclic) bond motifs is 9. The summed E-state index contributed by atoms with van der Waals surface area (Å²) < 4.78 is 3.08. The summed E-state index contributed by atoms with van der Waals surface area (Å²) in [6, 6.07) is 16.8. The standard InChI is InChI=1S/C42H32S6/c43-35-25-11-3-4-12-26(25)36(44)29(35)19-23-21-31-33(41(23)15-7-1-8-16-41)39-40(47-31)34-32(48-39)22-24(42(34)17-9-2-10-18-42)20-30-37(45)27-13-5-6-14-28(27)38(30)46/h3-6,11-14,19-22H,1-2,7-10,15-18H2. The normalized spacial score (nSPS) is 21.6. The molecule has 10 rings (SSSR count). The van der Waals surface area contributed by atoms with Crippen molar-refractivity contribution in [3.05, 3.63) is 126 Å². The minimum Gasteiger partial charge on any atom is -0.134 e. The van der Waals surface area contributed by atoms with Crippen LogP contribution in [0, 0.1) is 0 Å². The SMILES string of the molecule is S=C1C(=CC2=Cc3sc4c5c(sc4c3C23CCCCC3)C=C(C=C2C(=S)c3ccccc3C2=S)C52CCCCC2)C(=S)c2ccccc21. The highest BCUT2D eigenvalue weighted by atomic mass is 32.1. The molecule has 2 saturated carbocycles. The molecule has 0 unspecified atom stereocenters. The molecule has 0 radical (unpaired) electrons. The van der Waals surface area contributed by atoms with Crippen LogP contribution in [0.15, 0.2) is 83.0 Å². The second-order valence-electron chi connectivity index (χ2n) is 14.3. The van der Waals surface area contributed by atoms with Gasteiger partial charge in [-0.25, -0.2) is 0 Å². The molecule has 6 aliphatic carbocycles. The number of rotatable bonds is 2. The van der Waals surface area contributed by atoms with Gasteiger partial charge in [0.05, 0.1) is 28.9 Å². The number of thiophene rings is 2. The molecule has 6 heteroatoms. The van der Waals surface area contributed by atoms with E-state index >= 15 is 0 Å². The zero-order valence-electron chi connectivity index (χ0n) is 26.4. The molecule has 0 atom stereocenters. The summed E-state index contributed by atoms with van der Waals surface area (Å²) in [6.07, 6.45) is 22.3. The summed E-state index contributed by atoms with van der Waals surface area (Å²) in [7, 11) is 0. The molecule has 0 N–H and O–H groups in total. The maximum Gasteiger partial charge on any atom is 0.0543 e. The second kappa shape index (κ2) is 11.0. The van der Waals surface area contributed by atoms with Crippen LogP contribution in [0.2, 0.25) is 0 Å². The summed E-state index contributed by atoms with van der Waals surface area (Å²) in [6.45, 7) is 0. The molecule has 2 aromatic carbocycles. The van der Waals surface area contributed by atoms with E-state index in [1.165, 1.54) is 85.1 Å². The van der Waals surface area contributed by atoms with Gasteiger partial charge in [0.25, 0.3) is 0 Å². The summed E-state index contributed by atoms with van der Waals surface area (Å²) in [5.74, 6) is 0. The van der Waals surface area contributed by atoms with Gasteiger partial charge >= 0.3 is 0 Å². The lowest BCUT2D eigenvalue weighted by molar-refractivity contribution is 0.352. The molecule has 2 heterocycles. The van der Waals surface area contributed by atoms with Crippen LogP contribution in [0.4, 0.5) is 0 Å². The van der Waals surface area contributed by atoms with Crippen LogP contribution in [-0.2, 0) is 10.8 Å². The largest absolute Gasteiger partial charge is 0.134 e. The highest BCUT2D eigenvalue weighted by Gasteiger charge is 2.49. The van der Waals surface area contributed by atoms with E-state index in [2.05, 4.69) is 95.5 Å². The first kappa shape index (κ1) is 30.3. The molecule has 2 spiro atoms. The maximum atomic E-state index is 6.04. The minimum absolute atomic E-state index is 0.0413. The Morgan fingerprint density at radius 2 is 0.812 bits per heavy atom. The van der Waals surface area contributed by atoms with E-state index in [1.807, 2.05) is 0 Å². The first-order valence-corrected chi connectivity index (χ1v) is 20.5. The average molecular weight is 729 g/mol. The van der Waals surface area contributed by atoms with Gasteiger partial charge in [0, 0.05) is 54.0 Å². The van der Waals surface area contributed by atoms with Crippen LogP contribution >= 0.6 is 71.5 Å². The van der Waals surface area contributed by atoms with Crippen LogP contribution < -0.4 is 0 Å². The van der Waals surface area contributed by atoms with Crippen LogP contribution in [0.25, 0.3) is 21.6 Å². The van der Waals surface area contributed by atoms with Gasteiger partial charge < -0.3 is 0 Å². The number of benzene rings is 2. The van der Waals surface area contributed by atoms with E-state index in [-0.39, 0.29) is 10.8 Å². The number of thiocarbonyl (C=S) groups is 4. The summed E-state index contributed by atoms with van der Waals surface area (Å²) in [5, 5.41) is 0. The van der Waals surface area contributed by atoms with E-state index in [0.717, 1.165) is 52.9 Å². The van der Waals surface area contributed by atoms with E-state index < -0.39 is 0 Å². The fraction of sp³-hybridized carbons (Fsp3) is 0.286. The van der Waals surface area contributed by atoms with Crippen molar-refractivity contribution < 1.29 is 0 Å². The Morgan fingerprint density at radius 1 is 0.479 bits per heavy atom. The van der Waals surface area contributed by atoms with Gasteiger partial charge in [0.15, 0.2) is 0 Å². The molecule has 2 fully saturated rings. The molecule has 2 aromatic heterocycles. The quantitative estimate of drug-likeness (QED) is 0.149. The lowest BCUT2D eigenvalue weighted by atomic mass is 9.66. The van der Waals surface area contributed by atoms with Crippen molar-refractivity contribution in [3.8, 4) is 0 Å². The molecule has 0 amide bonds. The van der Waals surface area contributed by atoms with Gasteiger partial charge in [0.2, 0.25) is 0 Å². The Bertz CT molecular complexity index is 2080. The summed E-state index contributed by atoms with van der Waals surface area (Å²) >= 11 is 28.3. The third-order valence-corrected chi connectivity index (χ3v) is 16.2. The molecular weight excluding hydrogens is 697 g/mol. The van der Waals surface area contributed by atoms with Crippen molar-refractivity contribution in [2.75, 3.05) is 0 Å². The van der Waals surface area contributed by atoms with E-state index in [0.29, 0.717) is 0 Å². The van der Waals surface area contributed by atoms with Gasteiger partial charge in [-0.05, 0) is 72.3 Å². The van der Waals surface area contributed by atoms with Crippen molar-refractivity contribution >= 4 is 113 Å². The summed E-state index contributed by atoms with van der Waals surface area (Å²) in [5.41, 5.74) is 12.8. The van der Waals surface area contributed by atoms with Crippen molar-refractivity contribution in [2.24, 2.45) is 0 Å². The molecule has 236 valence electrons. The predicted molar refractivity (Wildman–Crippen MR) is 221 cm³/mol. The fourth-order valence-corrected chi connectivity index (χ4v) is 14.5. The van der Waals surface area contributed by atoms with E-state index in [1.54, 1.807) is 20.5 Å². The monoisotopic (exact) mass is 728 g/mol. The van der Waals surface area contributed by atoms with Crippen LogP contribution in [0.1, 0.15) is 107 Å².